The normalized spacial score (nSPS) is 12.4. The molecule has 0 rings (SSSR count). The zero-order valence-corrected chi connectivity index (χ0v) is 47.9. The molecular formula is C66H118O6. The van der Waals surface area contributed by atoms with Crippen molar-refractivity contribution in [1.29, 1.82) is 0 Å². The van der Waals surface area contributed by atoms with E-state index in [0.717, 1.165) is 83.5 Å². The molecule has 0 aliphatic carbocycles. The van der Waals surface area contributed by atoms with Crippen LogP contribution in [0.4, 0.5) is 0 Å². The molecule has 0 aliphatic rings. The lowest BCUT2D eigenvalue weighted by atomic mass is 10.0. The van der Waals surface area contributed by atoms with Gasteiger partial charge in [-0.25, -0.2) is 0 Å². The Kier molecular flexibility index (Phi) is 58.2. The van der Waals surface area contributed by atoms with Crippen LogP contribution in [0, 0.1) is 0 Å². The summed E-state index contributed by atoms with van der Waals surface area (Å²) in [6.45, 7) is 6.53. The summed E-state index contributed by atoms with van der Waals surface area (Å²) in [5.41, 5.74) is 0. The number of unbranched alkanes of at least 4 members (excludes halogenated alkanes) is 36. The molecule has 6 heteroatoms. The van der Waals surface area contributed by atoms with Crippen LogP contribution in [0.5, 0.6) is 0 Å². The van der Waals surface area contributed by atoms with Gasteiger partial charge in [0.1, 0.15) is 13.2 Å². The molecule has 1 unspecified atom stereocenters. The van der Waals surface area contributed by atoms with E-state index < -0.39 is 6.10 Å². The molecule has 0 saturated heterocycles. The second kappa shape index (κ2) is 60.7. The minimum Gasteiger partial charge on any atom is -0.462 e. The molecule has 0 aromatic heterocycles. The van der Waals surface area contributed by atoms with Crippen LogP contribution in [-0.4, -0.2) is 37.2 Å². The highest BCUT2D eigenvalue weighted by Crippen LogP contribution is 2.17. The number of carbonyl (C=O) groups is 3. The minimum atomic E-state index is -0.773. The molecule has 0 aliphatic heterocycles. The van der Waals surface area contributed by atoms with E-state index >= 15 is 0 Å². The fraction of sp³-hybridized carbons (Fsp3) is 0.803. The number of allylic oxidation sites excluding steroid dienone is 10. The van der Waals surface area contributed by atoms with Crippen molar-refractivity contribution in [2.75, 3.05) is 13.2 Å². The maximum Gasteiger partial charge on any atom is 0.306 e. The summed E-state index contributed by atoms with van der Waals surface area (Å²) in [5, 5.41) is 0. The van der Waals surface area contributed by atoms with Crippen molar-refractivity contribution in [2.24, 2.45) is 0 Å². The van der Waals surface area contributed by atoms with Crippen LogP contribution < -0.4 is 0 Å². The summed E-state index contributed by atoms with van der Waals surface area (Å²) in [6.07, 6.45) is 76.7. The van der Waals surface area contributed by atoms with E-state index in [1.165, 1.54) is 199 Å². The predicted octanol–water partition coefficient (Wildman–Crippen LogP) is 21.2. The summed E-state index contributed by atoms with van der Waals surface area (Å²) in [6, 6.07) is 0. The third kappa shape index (κ3) is 58.0. The number of ether oxygens (including phenoxy) is 3. The van der Waals surface area contributed by atoms with E-state index in [0.29, 0.717) is 19.3 Å². The van der Waals surface area contributed by atoms with Crippen LogP contribution >= 0.6 is 0 Å². The Balaban J connectivity index is 4.18. The topological polar surface area (TPSA) is 78.9 Å². The maximum absolute atomic E-state index is 12.9. The molecule has 0 spiro atoms. The molecule has 6 nitrogen and oxygen atoms in total. The molecule has 1 atom stereocenters. The largest absolute Gasteiger partial charge is 0.462 e. The van der Waals surface area contributed by atoms with Crippen LogP contribution in [0.2, 0.25) is 0 Å². The summed E-state index contributed by atoms with van der Waals surface area (Å²) >= 11 is 0. The molecule has 0 fully saturated rings. The summed E-state index contributed by atoms with van der Waals surface area (Å²) in [7, 11) is 0. The zero-order chi connectivity index (χ0) is 52.2. The Hall–Kier alpha value is -2.89. The second-order valence-corrected chi connectivity index (χ2v) is 20.9. The van der Waals surface area contributed by atoms with Gasteiger partial charge in [-0.2, -0.15) is 0 Å². The van der Waals surface area contributed by atoms with Gasteiger partial charge < -0.3 is 14.2 Å². The van der Waals surface area contributed by atoms with Crippen molar-refractivity contribution in [3.8, 4) is 0 Å². The standard InChI is InChI=1S/C66H118O6/c1-4-7-10-13-16-19-21-23-25-27-29-31-33-35-37-39-41-43-45-47-50-53-56-59-65(68)71-62-63(61-70-64(67)58-55-52-49-18-15-12-9-6-3)72-66(69)60-57-54-51-48-46-44-42-40-38-36-34-32-30-28-26-24-22-20-17-14-11-8-5-2/h7,10,16,19,23,25,28-31,63H,4-6,8-9,11-15,17-18,20-22,24,26-27,32-62H2,1-3H3/b10-7-,19-16-,25-23-,30-28-,31-29-. The van der Waals surface area contributed by atoms with E-state index in [4.69, 9.17) is 14.2 Å². The van der Waals surface area contributed by atoms with Gasteiger partial charge in [-0.05, 0) is 83.5 Å². The summed E-state index contributed by atoms with van der Waals surface area (Å²) < 4.78 is 16.9. The zero-order valence-electron chi connectivity index (χ0n) is 47.9. The van der Waals surface area contributed by atoms with Crippen LogP contribution in [0.1, 0.15) is 323 Å². The quantitative estimate of drug-likeness (QED) is 0.0261. The van der Waals surface area contributed by atoms with Gasteiger partial charge in [0.05, 0.1) is 0 Å². The van der Waals surface area contributed by atoms with Crippen LogP contribution in [0.15, 0.2) is 60.8 Å². The lowest BCUT2D eigenvalue weighted by Gasteiger charge is -2.18. The molecular weight excluding hydrogens is 889 g/mol. The number of hydrogen-bond donors (Lipinski definition) is 0. The molecule has 0 heterocycles. The molecule has 0 amide bonds. The van der Waals surface area contributed by atoms with Crippen molar-refractivity contribution in [1.82, 2.24) is 0 Å². The van der Waals surface area contributed by atoms with E-state index in [-0.39, 0.29) is 31.1 Å². The van der Waals surface area contributed by atoms with E-state index in [9.17, 15) is 14.4 Å². The molecule has 0 saturated carbocycles. The Morgan fingerprint density at radius 2 is 0.542 bits per heavy atom. The van der Waals surface area contributed by atoms with Gasteiger partial charge in [-0.1, -0.05) is 281 Å². The molecule has 418 valence electrons. The second-order valence-electron chi connectivity index (χ2n) is 20.9. The third-order valence-corrected chi connectivity index (χ3v) is 13.8. The molecule has 0 aromatic rings. The number of carbonyl (C=O) groups excluding carboxylic acids is 3. The first-order valence-electron chi connectivity index (χ1n) is 31.3. The highest BCUT2D eigenvalue weighted by Gasteiger charge is 2.19. The predicted molar refractivity (Wildman–Crippen MR) is 312 cm³/mol. The Morgan fingerprint density at radius 3 is 0.861 bits per heavy atom. The van der Waals surface area contributed by atoms with Gasteiger partial charge in [-0.3, -0.25) is 14.4 Å². The lowest BCUT2D eigenvalue weighted by molar-refractivity contribution is -0.167. The Labute approximate surface area is 447 Å². The smallest absolute Gasteiger partial charge is 0.306 e. The fourth-order valence-corrected chi connectivity index (χ4v) is 9.08. The molecule has 0 radical (unpaired) electrons. The van der Waals surface area contributed by atoms with Gasteiger partial charge in [0.15, 0.2) is 6.10 Å². The fourth-order valence-electron chi connectivity index (χ4n) is 9.08. The first kappa shape index (κ1) is 69.1. The summed E-state index contributed by atoms with van der Waals surface area (Å²) in [4.78, 5) is 38.1. The molecule has 0 bridgehead atoms. The van der Waals surface area contributed by atoms with Crippen molar-refractivity contribution in [3.63, 3.8) is 0 Å². The van der Waals surface area contributed by atoms with Crippen LogP contribution in [0.25, 0.3) is 0 Å². The van der Waals surface area contributed by atoms with Gasteiger partial charge in [0.25, 0.3) is 0 Å². The molecule has 0 N–H and O–H groups in total. The first-order valence-corrected chi connectivity index (χ1v) is 31.3. The Bertz CT molecular complexity index is 1290. The van der Waals surface area contributed by atoms with Gasteiger partial charge >= 0.3 is 17.9 Å². The van der Waals surface area contributed by atoms with Gasteiger partial charge in [0, 0.05) is 19.3 Å². The Morgan fingerprint density at radius 1 is 0.292 bits per heavy atom. The van der Waals surface area contributed by atoms with Crippen molar-refractivity contribution in [3.05, 3.63) is 60.8 Å². The highest BCUT2D eigenvalue weighted by molar-refractivity contribution is 5.71. The van der Waals surface area contributed by atoms with E-state index in [1.807, 2.05) is 0 Å². The monoisotopic (exact) mass is 1010 g/mol. The third-order valence-electron chi connectivity index (χ3n) is 13.8. The number of rotatable bonds is 57. The average molecular weight is 1010 g/mol. The maximum atomic E-state index is 12.9. The molecule has 0 aromatic carbocycles. The average Bonchev–Trinajstić information content (AvgIpc) is 3.38. The first-order chi connectivity index (χ1) is 35.5. The van der Waals surface area contributed by atoms with Crippen molar-refractivity contribution < 1.29 is 28.6 Å². The summed E-state index contributed by atoms with van der Waals surface area (Å²) in [5.74, 6) is -0.867. The van der Waals surface area contributed by atoms with Crippen molar-refractivity contribution >= 4 is 17.9 Å². The SMILES string of the molecule is CC/C=C\C/C=C\C/C=C\C/C=C\CCCCCCCCCCCCC(=O)OCC(COC(=O)CCCCCCCCCC)OC(=O)CCCCCCCCCCCCC/C=C\CCCCCCCCCC. The molecule has 72 heavy (non-hydrogen) atoms. The number of hydrogen-bond acceptors (Lipinski definition) is 6. The van der Waals surface area contributed by atoms with Crippen molar-refractivity contribution in [2.45, 2.75) is 329 Å². The van der Waals surface area contributed by atoms with E-state index in [2.05, 4.69) is 81.5 Å². The minimum absolute atomic E-state index is 0.0728. The lowest BCUT2D eigenvalue weighted by Crippen LogP contribution is -2.30. The van der Waals surface area contributed by atoms with Gasteiger partial charge in [-0.15, -0.1) is 0 Å². The van der Waals surface area contributed by atoms with Gasteiger partial charge in [0.2, 0.25) is 0 Å². The number of esters is 3. The van der Waals surface area contributed by atoms with E-state index in [1.54, 1.807) is 0 Å². The van der Waals surface area contributed by atoms with Crippen LogP contribution in [-0.2, 0) is 28.6 Å². The highest BCUT2D eigenvalue weighted by atomic mass is 16.6. The van der Waals surface area contributed by atoms with Crippen LogP contribution in [0.3, 0.4) is 0 Å².